The molecule has 0 amide bonds. The quantitative estimate of drug-likeness (QED) is 0.429. The number of allylic oxidation sites excluding steroid dienone is 1. The van der Waals surface area contributed by atoms with Crippen LogP contribution in [0.2, 0.25) is 0 Å². The summed E-state index contributed by atoms with van der Waals surface area (Å²) >= 11 is 0. The molecule has 190 valence electrons. The summed E-state index contributed by atoms with van der Waals surface area (Å²) in [5, 5.41) is 0. The number of piperidine rings is 1. The molecule has 3 heterocycles. The van der Waals surface area contributed by atoms with Gasteiger partial charge in [-0.2, -0.15) is 21.6 Å². The lowest BCUT2D eigenvalue weighted by molar-refractivity contribution is -0.121. The lowest BCUT2D eigenvalue weighted by Crippen LogP contribution is -2.55. The first-order valence-electron chi connectivity index (χ1n) is 11.3. The number of carbonyl (C=O) groups excluding carboxylic acids is 1. The van der Waals surface area contributed by atoms with Crippen molar-refractivity contribution in [1.82, 2.24) is 4.90 Å². The van der Waals surface area contributed by atoms with Crippen LogP contribution in [0.3, 0.4) is 0 Å². The van der Waals surface area contributed by atoms with Crippen molar-refractivity contribution < 1.29 is 39.0 Å². The summed E-state index contributed by atoms with van der Waals surface area (Å²) in [5.74, 6) is -0.964. The Morgan fingerprint density at radius 3 is 2.25 bits per heavy atom. The first kappa shape index (κ1) is 23.7. The zero-order chi connectivity index (χ0) is 25.7. The number of nitrogens with zero attached hydrogens (tertiary/aromatic N) is 1. The Balaban J connectivity index is 1.59. The number of sulfone groups is 1. The van der Waals surface area contributed by atoms with Gasteiger partial charge in [-0.1, -0.05) is 42.5 Å². The van der Waals surface area contributed by atoms with Crippen molar-refractivity contribution in [2.75, 3.05) is 0 Å². The van der Waals surface area contributed by atoms with Gasteiger partial charge in [0.15, 0.2) is 20.4 Å². The summed E-state index contributed by atoms with van der Waals surface area (Å²) in [6.45, 7) is 0. The zero-order valence-corrected chi connectivity index (χ0v) is 20.2. The van der Waals surface area contributed by atoms with E-state index in [4.69, 9.17) is 0 Å². The molecule has 4 bridgehead atoms. The molecule has 4 aliphatic rings. The van der Waals surface area contributed by atoms with Crippen LogP contribution in [0.15, 0.2) is 70.8 Å². The predicted octanol–water partition coefficient (Wildman–Crippen LogP) is 3.96. The molecule has 2 saturated heterocycles. The number of hydrogen-bond donors (Lipinski definition) is 0. The van der Waals surface area contributed by atoms with Crippen LogP contribution in [0, 0.1) is 0 Å². The largest absolute Gasteiger partial charge is 0.534 e. The minimum Gasteiger partial charge on any atom is -0.381 e. The summed E-state index contributed by atoms with van der Waals surface area (Å²) in [6.07, 6.45) is 0.231. The van der Waals surface area contributed by atoms with E-state index in [2.05, 4.69) is 4.18 Å². The van der Waals surface area contributed by atoms with Gasteiger partial charge < -0.3 is 4.18 Å². The molecule has 0 radical (unpaired) electrons. The molecule has 1 unspecified atom stereocenters. The van der Waals surface area contributed by atoms with Gasteiger partial charge in [-0.15, -0.1) is 0 Å². The average Bonchev–Trinajstić information content (AvgIpc) is 3.27. The molecule has 12 heteroatoms. The van der Waals surface area contributed by atoms with Crippen LogP contribution >= 0.6 is 0 Å². The van der Waals surface area contributed by atoms with Crippen molar-refractivity contribution in [2.24, 2.45) is 0 Å². The van der Waals surface area contributed by atoms with E-state index in [1.54, 1.807) is 35.2 Å². The highest BCUT2D eigenvalue weighted by atomic mass is 32.2. The molecular formula is C24H20F3NO6S2. The van der Waals surface area contributed by atoms with E-state index in [9.17, 15) is 34.8 Å². The third-order valence-corrected chi connectivity index (χ3v) is 11.2. The monoisotopic (exact) mass is 539 g/mol. The van der Waals surface area contributed by atoms with E-state index in [1.807, 2.05) is 0 Å². The Bertz CT molecular complexity index is 1530. The van der Waals surface area contributed by atoms with Gasteiger partial charge in [-0.05, 0) is 41.7 Å². The van der Waals surface area contributed by atoms with Crippen LogP contribution in [0.4, 0.5) is 13.2 Å². The van der Waals surface area contributed by atoms with Crippen LogP contribution in [0.1, 0.15) is 48.9 Å². The first-order valence-corrected chi connectivity index (χ1v) is 14.2. The van der Waals surface area contributed by atoms with Gasteiger partial charge in [0.1, 0.15) is 5.76 Å². The number of benzene rings is 2. The lowest BCUT2D eigenvalue weighted by atomic mass is 9.74. The molecule has 2 aromatic carbocycles. The number of Topliss-reactive ketones (excluding diaryl/α,β-unsaturated/α-hetero) is 1. The molecule has 36 heavy (non-hydrogen) atoms. The Labute approximate surface area is 205 Å². The molecular weight excluding hydrogens is 519 g/mol. The Kier molecular flexibility index (Phi) is 4.88. The van der Waals surface area contributed by atoms with Crippen LogP contribution in [0.5, 0.6) is 0 Å². The molecule has 2 aromatic rings. The van der Waals surface area contributed by atoms with Crippen molar-refractivity contribution in [2.45, 2.75) is 59.0 Å². The number of alkyl halides is 3. The Morgan fingerprint density at radius 2 is 1.58 bits per heavy atom. The fraction of sp³-hybridized carbons (Fsp3) is 0.375. The fourth-order valence-corrected chi connectivity index (χ4v) is 9.17. The van der Waals surface area contributed by atoms with E-state index >= 15 is 0 Å². The standard InChI is InChI=1S/C24H20F3NO6S2/c25-24(26,27)36(32,33)34-19-12-6-11-18-17(19)13-23(35(30,31)14-7-2-1-3-8-14)21-16-10-5-4-9-15(16)20(22(23)29)28(18)21/h1-5,7-10,18,20-21H,6,11-13H2/t18-,20+,21-,23+/m1/s1. The van der Waals surface area contributed by atoms with Crippen molar-refractivity contribution in [3.05, 3.63) is 77.1 Å². The van der Waals surface area contributed by atoms with Crippen molar-refractivity contribution in [3.63, 3.8) is 0 Å². The molecule has 0 spiro atoms. The van der Waals surface area contributed by atoms with Gasteiger partial charge >= 0.3 is 15.6 Å². The van der Waals surface area contributed by atoms with Crippen LogP contribution in [-0.4, -0.2) is 43.8 Å². The molecule has 2 fully saturated rings. The van der Waals surface area contributed by atoms with E-state index < -0.39 is 66.3 Å². The predicted molar refractivity (Wildman–Crippen MR) is 120 cm³/mol. The molecule has 0 aromatic heterocycles. The average molecular weight is 540 g/mol. The van der Waals surface area contributed by atoms with Crippen LogP contribution < -0.4 is 0 Å². The molecule has 3 aliphatic heterocycles. The molecule has 1 aliphatic carbocycles. The van der Waals surface area contributed by atoms with Crippen LogP contribution in [0.25, 0.3) is 0 Å². The van der Waals surface area contributed by atoms with Crippen molar-refractivity contribution in [1.29, 1.82) is 0 Å². The summed E-state index contributed by atoms with van der Waals surface area (Å²) < 4.78 is 94.1. The Morgan fingerprint density at radius 1 is 0.944 bits per heavy atom. The summed E-state index contributed by atoms with van der Waals surface area (Å²) in [5.41, 5.74) is -4.14. The highest BCUT2D eigenvalue weighted by Crippen LogP contribution is 2.67. The third kappa shape index (κ3) is 2.86. The van der Waals surface area contributed by atoms with Gasteiger partial charge in [0.2, 0.25) is 0 Å². The molecule has 0 saturated carbocycles. The molecule has 7 nitrogen and oxygen atoms in total. The number of ketones is 1. The van der Waals surface area contributed by atoms with E-state index in [1.165, 1.54) is 24.3 Å². The highest BCUT2D eigenvalue weighted by Gasteiger charge is 2.75. The minimum absolute atomic E-state index is 0.0800. The number of halogens is 3. The van der Waals surface area contributed by atoms with E-state index in [0.29, 0.717) is 24.0 Å². The maximum absolute atomic E-state index is 14.2. The smallest absolute Gasteiger partial charge is 0.381 e. The van der Waals surface area contributed by atoms with E-state index in [0.717, 1.165) is 0 Å². The molecule has 0 N–H and O–H groups in total. The summed E-state index contributed by atoms with van der Waals surface area (Å²) in [6, 6.07) is 12.1. The third-order valence-electron chi connectivity index (χ3n) is 7.77. The summed E-state index contributed by atoms with van der Waals surface area (Å²) in [7, 11) is -10.3. The number of hydrogen-bond acceptors (Lipinski definition) is 7. The summed E-state index contributed by atoms with van der Waals surface area (Å²) in [4.78, 5) is 15.7. The second-order valence-electron chi connectivity index (χ2n) is 9.47. The second kappa shape index (κ2) is 7.42. The molecule has 5 atom stereocenters. The van der Waals surface area contributed by atoms with Crippen LogP contribution in [-0.2, 0) is 28.9 Å². The highest BCUT2D eigenvalue weighted by molar-refractivity contribution is 7.93. The SMILES string of the molecule is O=C1[C@@H]2c3ccccc3[C@H]3N2[C@@H]2CCCC(OS(=O)(=O)C(F)(F)F)=C2C[C@@]13S(=O)(=O)c1ccccc1. The number of rotatable bonds is 4. The van der Waals surface area contributed by atoms with Gasteiger partial charge in [0.25, 0.3) is 0 Å². The number of fused-ring (bicyclic) bond motifs is 3. The van der Waals surface area contributed by atoms with Gasteiger partial charge in [-0.25, -0.2) is 8.42 Å². The van der Waals surface area contributed by atoms with Crippen molar-refractivity contribution >= 4 is 25.7 Å². The van der Waals surface area contributed by atoms with Crippen molar-refractivity contribution in [3.8, 4) is 0 Å². The minimum atomic E-state index is -5.96. The first-order chi connectivity index (χ1) is 16.9. The maximum atomic E-state index is 14.2. The van der Waals surface area contributed by atoms with Gasteiger partial charge in [-0.3, -0.25) is 9.69 Å². The normalized spacial score (nSPS) is 31.2. The fourth-order valence-electron chi connectivity index (χ4n) is 6.42. The topological polar surface area (TPSA) is 97.8 Å². The van der Waals surface area contributed by atoms with E-state index in [-0.39, 0.29) is 16.9 Å². The van der Waals surface area contributed by atoms with Gasteiger partial charge in [0, 0.05) is 18.9 Å². The Hall–Kier alpha value is -2.70. The maximum Gasteiger partial charge on any atom is 0.534 e. The zero-order valence-electron chi connectivity index (χ0n) is 18.6. The number of carbonyl (C=O) groups is 1. The lowest BCUT2D eigenvalue weighted by Gasteiger charge is -2.46. The molecule has 6 rings (SSSR count). The van der Waals surface area contributed by atoms with Gasteiger partial charge in [0.05, 0.1) is 17.0 Å². The second-order valence-corrected chi connectivity index (χ2v) is 13.2.